The van der Waals surface area contributed by atoms with Gasteiger partial charge < -0.3 is 10.4 Å². The van der Waals surface area contributed by atoms with Crippen LogP contribution < -0.4 is 5.32 Å². The highest BCUT2D eigenvalue weighted by Gasteiger charge is 2.22. The van der Waals surface area contributed by atoms with Gasteiger partial charge in [0.1, 0.15) is 5.82 Å². The molecule has 2 N–H and O–H groups in total. The van der Waals surface area contributed by atoms with Crippen LogP contribution in [-0.4, -0.2) is 26.8 Å². The van der Waals surface area contributed by atoms with E-state index in [1.807, 2.05) is 0 Å². The van der Waals surface area contributed by atoms with Crippen LogP contribution in [0.15, 0.2) is 24.3 Å². The number of halogens is 3. The first-order valence-electron chi connectivity index (χ1n) is 7.78. The van der Waals surface area contributed by atoms with Crippen molar-refractivity contribution in [1.82, 2.24) is 15.1 Å². The molecule has 1 amide bonds. The SMILES string of the molecule is Cc1nn(C(F)F)c(C)c1CC(=O)NC(CC(=O)O)c1ccc(F)cc1. The summed E-state index contributed by atoms with van der Waals surface area (Å²) in [4.78, 5) is 23.4. The Morgan fingerprint density at radius 2 is 1.85 bits per heavy atom. The Labute approximate surface area is 147 Å². The number of carboxylic acids is 1. The predicted octanol–water partition coefficient (Wildman–Crippen LogP) is 2.91. The lowest BCUT2D eigenvalue weighted by Crippen LogP contribution is -2.31. The molecular weight excluding hydrogens is 351 g/mol. The molecule has 140 valence electrons. The molecule has 6 nitrogen and oxygen atoms in total. The maximum atomic E-state index is 13.0. The summed E-state index contributed by atoms with van der Waals surface area (Å²) in [5.41, 5.74) is 1.26. The van der Waals surface area contributed by atoms with Crippen molar-refractivity contribution in [3.8, 4) is 0 Å². The van der Waals surface area contributed by atoms with E-state index in [0.29, 0.717) is 21.5 Å². The van der Waals surface area contributed by atoms with Crippen molar-refractivity contribution in [1.29, 1.82) is 0 Å². The Hall–Kier alpha value is -2.84. The van der Waals surface area contributed by atoms with Gasteiger partial charge in [-0.3, -0.25) is 9.59 Å². The standard InChI is InChI=1S/C17H18F3N3O3/c1-9-13(10(2)23(22-9)17(19)20)7-15(24)21-14(8-16(25)26)11-3-5-12(18)6-4-11/h3-6,14,17H,7-8H2,1-2H3,(H,21,24)(H,25,26). The zero-order valence-corrected chi connectivity index (χ0v) is 14.2. The number of aromatic nitrogens is 2. The van der Waals surface area contributed by atoms with E-state index in [1.165, 1.54) is 26.0 Å². The molecule has 0 saturated carbocycles. The number of nitrogens with zero attached hydrogens (tertiary/aromatic N) is 2. The van der Waals surface area contributed by atoms with Crippen molar-refractivity contribution in [2.24, 2.45) is 0 Å². The number of aryl methyl sites for hydroxylation is 1. The Morgan fingerprint density at radius 3 is 2.35 bits per heavy atom. The van der Waals surface area contributed by atoms with Crippen LogP contribution in [0.3, 0.4) is 0 Å². The van der Waals surface area contributed by atoms with Crippen molar-refractivity contribution in [2.45, 2.75) is 39.3 Å². The van der Waals surface area contributed by atoms with Crippen LogP contribution in [0.5, 0.6) is 0 Å². The molecule has 0 fully saturated rings. The Balaban J connectivity index is 2.17. The van der Waals surface area contributed by atoms with Gasteiger partial charge in [-0.15, -0.1) is 0 Å². The summed E-state index contributed by atoms with van der Waals surface area (Å²) >= 11 is 0. The van der Waals surface area contributed by atoms with Crippen LogP contribution in [0, 0.1) is 19.7 Å². The summed E-state index contributed by atoms with van der Waals surface area (Å²) in [6.07, 6.45) is -0.618. The second-order valence-electron chi connectivity index (χ2n) is 5.82. The maximum Gasteiger partial charge on any atom is 0.333 e. The number of carboxylic acid groups (broad SMARTS) is 1. The summed E-state index contributed by atoms with van der Waals surface area (Å²) in [5, 5.41) is 15.3. The largest absolute Gasteiger partial charge is 0.481 e. The summed E-state index contributed by atoms with van der Waals surface area (Å²) in [5.74, 6) is -2.17. The molecule has 9 heteroatoms. The number of rotatable bonds is 7. The topological polar surface area (TPSA) is 84.2 Å². The highest BCUT2D eigenvalue weighted by molar-refractivity contribution is 5.80. The quantitative estimate of drug-likeness (QED) is 0.786. The Bertz CT molecular complexity index is 804. The number of amides is 1. The average Bonchev–Trinajstić information content (AvgIpc) is 2.83. The van der Waals surface area contributed by atoms with Gasteiger partial charge in [0.2, 0.25) is 5.91 Å². The number of alkyl halides is 2. The molecule has 2 rings (SSSR count). The van der Waals surface area contributed by atoms with E-state index >= 15 is 0 Å². The number of hydrogen-bond acceptors (Lipinski definition) is 3. The summed E-state index contributed by atoms with van der Waals surface area (Å²) in [6, 6.07) is 4.23. The van der Waals surface area contributed by atoms with Crippen LogP contribution in [0.25, 0.3) is 0 Å². The first-order chi connectivity index (χ1) is 12.2. The molecule has 0 aliphatic carbocycles. The number of nitrogens with one attached hydrogen (secondary N) is 1. The number of aliphatic carboxylic acids is 1. The number of benzene rings is 1. The van der Waals surface area contributed by atoms with E-state index in [-0.39, 0.29) is 12.1 Å². The molecule has 0 radical (unpaired) electrons. The molecule has 0 bridgehead atoms. The van der Waals surface area contributed by atoms with Gasteiger partial charge in [-0.1, -0.05) is 12.1 Å². The summed E-state index contributed by atoms with van der Waals surface area (Å²) in [7, 11) is 0. The molecule has 1 heterocycles. The van der Waals surface area contributed by atoms with Gasteiger partial charge in [0.15, 0.2) is 0 Å². The van der Waals surface area contributed by atoms with Gasteiger partial charge in [0.25, 0.3) is 0 Å². The van der Waals surface area contributed by atoms with Crippen molar-refractivity contribution >= 4 is 11.9 Å². The van der Waals surface area contributed by atoms with Gasteiger partial charge in [-0.05, 0) is 31.5 Å². The molecule has 0 aliphatic rings. The number of carbonyl (C=O) groups is 2. The number of carbonyl (C=O) groups excluding carboxylic acids is 1. The zero-order chi connectivity index (χ0) is 19.4. The molecule has 1 atom stereocenters. The van der Waals surface area contributed by atoms with Crippen molar-refractivity contribution in [3.63, 3.8) is 0 Å². The molecule has 1 aromatic carbocycles. The Kier molecular flexibility index (Phi) is 6.01. The monoisotopic (exact) mass is 369 g/mol. The lowest BCUT2D eigenvalue weighted by Gasteiger charge is -2.17. The van der Waals surface area contributed by atoms with E-state index in [4.69, 9.17) is 5.11 Å². The predicted molar refractivity (Wildman–Crippen MR) is 86.2 cm³/mol. The Morgan fingerprint density at radius 1 is 1.23 bits per heavy atom. The van der Waals surface area contributed by atoms with Crippen molar-refractivity contribution in [3.05, 3.63) is 52.6 Å². The molecule has 0 spiro atoms. The van der Waals surface area contributed by atoms with E-state index in [2.05, 4.69) is 10.4 Å². The normalized spacial score (nSPS) is 12.2. The summed E-state index contributed by atoms with van der Waals surface area (Å²) < 4.78 is 39.3. The van der Waals surface area contributed by atoms with Crippen LogP contribution >= 0.6 is 0 Å². The fourth-order valence-corrected chi connectivity index (χ4v) is 2.67. The first kappa shape index (κ1) is 19.5. The van der Waals surface area contributed by atoms with Crippen LogP contribution in [0.2, 0.25) is 0 Å². The highest BCUT2D eigenvalue weighted by atomic mass is 19.3. The lowest BCUT2D eigenvalue weighted by atomic mass is 10.0. The van der Waals surface area contributed by atoms with Crippen LogP contribution in [0.1, 0.15) is 41.5 Å². The average molecular weight is 369 g/mol. The third-order valence-corrected chi connectivity index (χ3v) is 3.98. The van der Waals surface area contributed by atoms with Crippen molar-refractivity contribution in [2.75, 3.05) is 0 Å². The molecule has 0 aliphatic heterocycles. The second kappa shape index (κ2) is 8.03. The molecule has 0 saturated heterocycles. The molecule has 1 aromatic heterocycles. The van der Waals surface area contributed by atoms with E-state index in [0.717, 1.165) is 12.1 Å². The molecular formula is C17H18F3N3O3. The van der Waals surface area contributed by atoms with Gasteiger partial charge in [0, 0.05) is 11.3 Å². The molecule has 26 heavy (non-hydrogen) atoms. The minimum absolute atomic E-state index is 0.171. The zero-order valence-electron chi connectivity index (χ0n) is 14.2. The van der Waals surface area contributed by atoms with E-state index < -0.39 is 36.7 Å². The van der Waals surface area contributed by atoms with Gasteiger partial charge in [-0.2, -0.15) is 13.9 Å². The summed E-state index contributed by atoms with van der Waals surface area (Å²) in [6.45, 7) is 0.136. The van der Waals surface area contributed by atoms with Crippen LogP contribution in [-0.2, 0) is 16.0 Å². The maximum absolute atomic E-state index is 13.0. The van der Waals surface area contributed by atoms with Crippen molar-refractivity contribution < 1.29 is 27.9 Å². The molecule has 1 unspecified atom stereocenters. The third-order valence-electron chi connectivity index (χ3n) is 3.98. The number of hydrogen-bond donors (Lipinski definition) is 2. The van der Waals surface area contributed by atoms with Gasteiger partial charge >= 0.3 is 12.5 Å². The smallest absolute Gasteiger partial charge is 0.333 e. The lowest BCUT2D eigenvalue weighted by molar-refractivity contribution is -0.137. The molecule has 2 aromatic rings. The fraction of sp³-hybridized carbons (Fsp3) is 0.353. The minimum Gasteiger partial charge on any atom is -0.481 e. The van der Waals surface area contributed by atoms with Crippen LogP contribution in [0.4, 0.5) is 13.2 Å². The minimum atomic E-state index is -2.82. The van der Waals surface area contributed by atoms with E-state index in [1.54, 1.807) is 0 Å². The fourth-order valence-electron chi connectivity index (χ4n) is 2.67. The highest BCUT2D eigenvalue weighted by Crippen LogP contribution is 2.21. The third kappa shape index (κ3) is 4.62. The van der Waals surface area contributed by atoms with E-state index in [9.17, 15) is 22.8 Å². The second-order valence-corrected chi connectivity index (χ2v) is 5.82. The first-order valence-corrected chi connectivity index (χ1v) is 7.78. The van der Waals surface area contributed by atoms with Gasteiger partial charge in [0.05, 0.1) is 24.6 Å². The van der Waals surface area contributed by atoms with Gasteiger partial charge in [-0.25, -0.2) is 9.07 Å².